The maximum Gasteiger partial charge on any atom is 0.328 e. The second-order valence-corrected chi connectivity index (χ2v) is 6.27. The van der Waals surface area contributed by atoms with Crippen LogP contribution in [0.1, 0.15) is 25.8 Å². The maximum atomic E-state index is 12.3. The van der Waals surface area contributed by atoms with Gasteiger partial charge in [0.15, 0.2) is 0 Å². The van der Waals surface area contributed by atoms with Crippen molar-refractivity contribution < 1.29 is 19.1 Å². The van der Waals surface area contributed by atoms with E-state index in [1.54, 1.807) is 6.08 Å². The molecule has 0 saturated carbocycles. The van der Waals surface area contributed by atoms with Crippen LogP contribution in [0.25, 0.3) is 0 Å². The van der Waals surface area contributed by atoms with Crippen molar-refractivity contribution in [1.29, 1.82) is 0 Å². The average molecular weight is 385 g/mol. The summed E-state index contributed by atoms with van der Waals surface area (Å²) in [6, 6.07) is 5.92. The highest BCUT2D eigenvalue weighted by Crippen LogP contribution is 2.13. The second-order valence-electron chi connectivity index (χ2n) is 6.27. The molecule has 0 saturated heterocycles. The lowest BCUT2D eigenvalue weighted by Crippen LogP contribution is -2.49. The molecule has 26 heavy (non-hydrogen) atoms. The van der Waals surface area contributed by atoms with Gasteiger partial charge >= 0.3 is 5.97 Å². The van der Waals surface area contributed by atoms with Gasteiger partial charge in [-0.25, -0.2) is 4.79 Å². The lowest BCUT2D eigenvalue weighted by Gasteiger charge is -2.20. The van der Waals surface area contributed by atoms with Crippen LogP contribution in [0, 0.1) is 5.92 Å². The zero-order valence-corrected chi connectivity index (χ0v) is 16.4. The summed E-state index contributed by atoms with van der Waals surface area (Å²) in [4.78, 5) is 24.1. The van der Waals surface area contributed by atoms with Crippen LogP contribution in [-0.2, 0) is 20.7 Å². The summed E-state index contributed by atoms with van der Waals surface area (Å²) < 4.78 is 10.2. The lowest BCUT2D eigenvalue weighted by molar-refractivity contribution is -0.145. The van der Waals surface area contributed by atoms with Gasteiger partial charge in [0.05, 0.1) is 13.2 Å². The smallest absolute Gasteiger partial charge is 0.328 e. The van der Waals surface area contributed by atoms with E-state index in [-0.39, 0.29) is 24.2 Å². The number of carbonyl (C=O) groups is 2. The fourth-order valence-corrected chi connectivity index (χ4v) is 2.33. The van der Waals surface area contributed by atoms with Gasteiger partial charge in [0, 0.05) is 0 Å². The van der Waals surface area contributed by atoms with E-state index in [9.17, 15) is 9.59 Å². The predicted octanol–water partition coefficient (Wildman–Crippen LogP) is 2.25. The number of carbonyl (C=O) groups excluding carboxylic acids is 2. The average Bonchev–Trinajstić information content (AvgIpc) is 2.59. The number of esters is 1. The summed E-state index contributed by atoms with van der Waals surface area (Å²) in [5, 5.41) is 2.68. The van der Waals surface area contributed by atoms with Gasteiger partial charge < -0.3 is 20.5 Å². The highest BCUT2D eigenvalue weighted by atomic mass is 35.5. The summed E-state index contributed by atoms with van der Waals surface area (Å²) >= 11 is 0. The van der Waals surface area contributed by atoms with E-state index in [0.29, 0.717) is 19.4 Å². The van der Waals surface area contributed by atoms with Gasteiger partial charge in [-0.15, -0.1) is 12.4 Å². The Bertz CT molecular complexity index is 575. The number of benzene rings is 1. The highest BCUT2D eigenvalue weighted by molar-refractivity contribution is 5.87. The van der Waals surface area contributed by atoms with Crippen molar-refractivity contribution in [2.75, 3.05) is 13.7 Å². The summed E-state index contributed by atoms with van der Waals surface area (Å²) in [6.45, 7) is 7.97. The first-order valence-corrected chi connectivity index (χ1v) is 8.33. The van der Waals surface area contributed by atoms with E-state index in [2.05, 4.69) is 11.9 Å². The Labute approximate surface area is 161 Å². The molecule has 3 N–H and O–H groups in total. The van der Waals surface area contributed by atoms with E-state index in [1.165, 1.54) is 7.11 Å². The SMILES string of the molecule is C=CCOc1ccc(CC(N)C(=O)NC(CC(C)C)C(=O)OC)cc1.Cl. The molecule has 0 aliphatic heterocycles. The molecular formula is C19H29ClN2O4. The monoisotopic (exact) mass is 384 g/mol. The van der Waals surface area contributed by atoms with Crippen molar-refractivity contribution in [3.05, 3.63) is 42.5 Å². The van der Waals surface area contributed by atoms with E-state index < -0.39 is 18.1 Å². The van der Waals surface area contributed by atoms with Crippen molar-refractivity contribution in [2.45, 2.75) is 38.8 Å². The minimum absolute atomic E-state index is 0. The number of ether oxygens (including phenoxy) is 2. The van der Waals surface area contributed by atoms with Gasteiger partial charge in [0.2, 0.25) is 5.91 Å². The van der Waals surface area contributed by atoms with Crippen LogP contribution in [-0.4, -0.2) is 37.7 Å². The lowest BCUT2D eigenvalue weighted by atomic mass is 10.0. The minimum atomic E-state index is -0.751. The Morgan fingerprint density at radius 2 is 1.88 bits per heavy atom. The second kappa shape index (κ2) is 12.3. The first-order chi connectivity index (χ1) is 11.9. The Morgan fingerprint density at radius 1 is 1.27 bits per heavy atom. The van der Waals surface area contributed by atoms with Crippen LogP contribution in [0.15, 0.2) is 36.9 Å². The molecule has 0 aromatic heterocycles. The van der Waals surface area contributed by atoms with Crippen molar-refractivity contribution in [1.82, 2.24) is 5.32 Å². The summed E-state index contributed by atoms with van der Waals surface area (Å²) in [5.74, 6) is 0.133. The zero-order valence-electron chi connectivity index (χ0n) is 15.6. The molecule has 0 fully saturated rings. The predicted molar refractivity (Wildman–Crippen MR) is 104 cm³/mol. The number of hydrogen-bond donors (Lipinski definition) is 2. The molecule has 0 aliphatic rings. The molecule has 0 radical (unpaired) electrons. The number of halogens is 1. The molecule has 2 atom stereocenters. The largest absolute Gasteiger partial charge is 0.490 e. The molecule has 1 rings (SSSR count). The van der Waals surface area contributed by atoms with E-state index in [4.69, 9.17) is 15.2 Å². The summed E-state index contributed by atoms with van der Waals surface area (Å²) in [6.07, 6.45) is 2.53. The molecule has 0 aliphatic carbocycles. The van der Waals surface area contributed by atoms with Crippen LogP contribution < -0.4 is 15.8 Å². The molecule has 6 nitrogen and oxygen atoms in total. The number of methoxy groups -OCH3 is 1. The van der Waals surface area contributed by atoms with Gasteiger partial charge in [0.1, 0.15) is 18.4 Å². The molecule has 1 aromatic rings. The Hall–Kier alpha value is -2.05. The topological polar surface area (TPSA) is 90.6 Å². The molecule has 146 valence electrons. The third-order valence-corrected chi connectivity index (χ3v) is 3.59. The van der Waals surface area contributed by atoms with Crippen molar-refractivity contribution in [3.63, 3.8) is 0 Å². The van der Waals surface area contributed by atoms with Crippen LogP contribution in [0.2, 0.25) is 0 Å². The quantitative estimate of drug-likeness (QED) is 0.477. The summed E-state index contributed by atoms with van der Waals surface area (Å²) in [7, 11) is 1.30. The van der Waals surface area contributed by atoms with Crippen LogP contribution >= 0.6 is 12.4 Å². The normalized spacial score (nSPS) is 12.5. The van der Waals surface area contributed by atoms with Gasteiger partial charge in [0.25, 0.3) is 0 Å². The number of hydrogen-bond acceptors (Lipinski definition) is 5. The Balaban J connectivity index is 0.00000625. The fraction of sp³-hybridized carbons (Fsp3) is 0.474. The van der Waals surface area contributed by atoms with Crippen molar-refractivity contribution in [2.24, 2.45) is 11.7 Å². The standard InChI is InChI=1S/C19H28N2O4.ClH/c1-5-10-25-15-8-6-14(7-9-15)12-16(20)18(22)21-17(11-13(2)3)19(23)24-4;/h5-9,13,16-17H,1,10-12,20H2,2-4H3,(H,21,22);1H. The molecule has 1 aromatic carbocycles. The number of rotatable bonds is 10. The third kappa shape index (κ3) is 8.36. The van der Waals surface area contributed by atoms with Gasteiger partial charge in [-0.2, -0.15) is 0 Å². The first-order valence-electron chi connectivity index (χ1n) is 8.33. The van der Waals surface area contributed by atoms with Crippen LogP contribution in [0.4, 0.5) is 0 Å². The van der Waals surface area contributed by atoms with E-state index in [0.717, 1.165) is 11.3 Å². The molecule has 0 heterocycles. The minimum Gasteiger partial charge on any atom is -0.490 e. The Kier molecular flexibility index (Phi) is 11.4. The van der Waals surface area contributed by atoms with E-state index in [1.807, 2.05) is 38.1 Å². The molecule has 0 bridgehead atoms. The van der Waals surface area contributed by atoms with E-state index >= 15 is 0 Å². The number of nitrogens with one attached hydrogen (secondary N) is 1. The van der Waals surface area contributed by atoms with Gasteiger partial charge in [-0.1, -0.05) is 38.6 Å². The van der Waals surface area contributed by atoms with Gasteiger partial charge in [-0.3, -0.25) is 4.79 Å². The van der Waals surface area contributed by atoms with Gasteiger partial charge in [-0.05, 0) is 36.5 Å². The number of amides is 1. The molecule has 0 spiro atoms. The van der Waals surface area contributed by atoms with Crippen LogP contribution in [0.5, 0.6) is 5.75 Å². The molecular weight excluding hydrogens is 356 g/mol. The Morgan fingerprint density at radius 3 is 2.38 bits per heavy atom. The molecule has 2 unspecified atom stereocenters. The molecule has 7 heteroatoms. The highest BCUT2D eigenvalue weighted by Gasteiger charge is 2.25. The van der Waals surface area contributed by atoms with Crippen LogP contribution in [0.3, 0.4) is 0 Å². The van der Waals surface area contributed by atoms with Crippen molar-refractivity contribution >= 4 is 24.3 Å². The number of nitrogens with two attached hydrogens (primary N) is 1. The molecule has 1 amide bonds. The first kappa shape index (κ1) is 23.9. The van der Waals surface area contributed by atoms with Crippen molar-refractivity contribution in [3.8, 4) is 5.75 Å². The maximum absolute atomic E-state index is 12.3. The third-order valence-electron chi connectivity index (χ3n) is 3.59. The summed E-state index contributed by atoms with van der Waals surface area (Å²) in [5.41, 5.74) is 6.89. The fourth-order valence-electron chi connectivity index (χ4n) is 2.33. The zero-order chi connectivity index (χ0) is 18.8.